The van der Waals surface area contributed by atoms with Crippen LogP contribution in [0.4, 0.5) is 0 Å². The quantitative estimate of drug-likeness (QED) is 0.394. The molecule has 0 aliphatic carbocycles. The van der Waals surface area contributed by atoms with Crippen molar-refractivity contribution < 1.29 is 4.90 Å². The third kappa shape index (κ3) is 3.10. The van der Waals surface area contributed by atoms with Gasteiger partial charge in [0.05, 0.1) is 29.5 Å². The number of quaternary nitrogens is 1. The third-order valence-electron chi connectivity index (χ3n) is 5.52. The molecule has 0 fully saturated rings. The highest BCUT2D eigenvalue weighted by Crippen LogP contribution is 2.33. The Labute approximate surface area is 177 Å². The van der Waals surface area contributed by atoms with Gasteiger partial charge >= 0.3 is 0 Å². The summed E-state index contributed by atoms with van der Waals surface area (Å²) in [5.74, 6) is 1.60. The van der Waals surface area contributed by atoms with Gasteiger partial charge in [-0.1, -0.05) is 43.3 Å². The topological polar surface area (TPSA) is 56.6 Å². The number of nitrogens with one attached hydrogen (secondary N) is 1. The van der Waals surface area contributed by atoms with Gasteiger partial charge in [0.1, 0.15) is 11.4 Å². The van der Waals surface area contributed by atoms with Crippen molar-refractivity contribution >= 4 is 39.1 Å². The minimum atomic E-state index is 0.0215. The molecule has 1 N–H and O–H groups in total. The highest BCUT2D eigenvalue weighted by molar-refractivity contribution is 7.99. The molecule has 1 unspecified atom stereocenters. The normalized spacial score (nSPS) is 16.6. The SMILES string of the molecule is CCCCSc1nnc2n(-c3ccccc3)c(=O)c3c4c(sc3n12)C[NH+](C)CC4. The van der Waals surface area contributed by atoms with Gasteiger partial charge in [-0.25, -0.2) is 8.97 Å². The van der Waals surface area contributed by atoms with Gasteiger partial charge in [-0.05, 0) is 24.1 Å². The van der Waals surface area contributed by atoms with E-state index >= 15 is 0 Å². The zero-order valence-electron chi connectivity index (χ0n) is 16.6. The molecule has 3 aromatic heterocycles. The lowest BCUT2D eigenvalue weighted by molar-refractivity contribution is -0.895. The molecule has 4 aromatic rings. The van der Waals surface area contributed by atoms with Crippen molar-refractivity contribution in [1.82, 2.24) is 19.2 Å². The van der Waals surface area contributed by atoms with Gasteiger partial charge in [0.25, 0.3) is 5.56 Å². The molecule has 1 atom stereocenters. The number of para-hydroxylation sites is 1. The van der Waals surface area contributed by atoms with E-state index < -0.39 is 0 Å². The fraction of sp³-hybridized carbons (Fsp3) is 0.381. The molecule has 150 valence electrons. The summed E-state index contributed by atoms with van der Waals surface area (Å²) in [5, 5.41) is 10.7. The van der Waals surface area contributed by atoms with Gasteiger partial charge in [-0.3, -0.25) is 4.79 Å². The van der Waals surface area contributed by atoms with Crippen LogP contribution in [-0.4, -0.2) is 38.5 Å². The first-order chi connectivity index (χ1) is 14.2. The zero-order chi connectivity index (χ0) is 20.0. The van der Waals surface area contributed by atoms with Gasteiger partial charge < -0.3 is 4.90 Å². The van der Waals surface area contributed by atoms with Crippen LogP contribution in [0.3, 0.4) is 0 Å². The van der Waals surface area contributed by atoms with Gasteiger partial charge in [-0.2, -0.15) is 0 Å². The van der Waals surface area contributed by atoms with Crippen LogP contribution in [0.15, 0.2) is 40.3 Å². The number of thiophene rings is 1. The van der Waals surface area contributed by atoms with E-state index in [1.807, 2.05) is 30.3 Å². The van der Waals surface area contributed by atoms with Crippen molar-refractivity contribution in [3.8, 4) is 5.69 Å². The molecular formula is C21H24N5OS2+. The summed E-state index contributed by atoms with van der Waals surface area (Å²) in [5.41, 5.74) is 2.08. The predicted octanol–water partition coefficient (Wildman–Crippen LogP) is 2.56. The Hall–Kier alpha value is -2.16. The average Bonchev–Trinajstić information content (AvgIpc) is 3.30. The first-order valence-corrected chi connectivity index (χ1v) is 11.9. The van der Waals surface area contributed by atoms with Gasteiger partial charge in [0.15, 0.2) is 5.16 Å². The van der Waals surface area contributed by atoms with Crippen LogP contribution in [0.2, 0.25) is 0 Å². The number of hydrogen-bond donors (Lipinski definition) is 1. The summed E-state index contributed by atoms with van der Waals surface area (Å²) in [7, 11) is 2.22. The lowest BCUT2D eigenvalue weighted by atomic mass is 10.1. The molecule has 0 saturated carbocycles. The van der Waals surface area contributed by atoms with Crippen LogP contribution in [0.1, 0.15) is 30.2 Å². The highest BCUT2D eigenvalue weighted by Gasteiger charge is 2.28. The lowest BCUT2D eigenvalue weighted by Crippen LogP contribution is -3.08. The van der Waals surface area contributed by atoms with Crippen LogP contribution in [0.5, 0.6) is 0 Å². The minimum Gasteiger partial charge on any atom is -0.333 e. The number of rotatable bonds is 5. The number of benzene rings is 1. The van der Waals surface area contributed by atoms with Crippen LogP contribution in [0.25, 0.3) is 21.7 Å². The number of fused-ring (bicyclic) bond motifs is 5. The number of likely N-dealkylation sites (N-methyl/N-ethyl adjacent to an activating group) is 1. The standard InChI is InChI=1S/C21H23N5OS2/c1-3-4-12-28-21-23-22-20-25(14-8-6-5-7-9-14)18(27)17-15-10-11-24(2)13-16(15)29-19(17)26(20)21/h5-9H,3-4,10-13H2,1-2H3/p+1. The molecular weight excluding hydrogens is 402 g/mol. The molecule has 0 saturated heterocycles. The van der Waals surface area contributed by atoms with Crippen LogP contribution >= 0.6 is 23.1 Å². The fourth-order valence-corrected chi connectivity index (χ4v) is 6.51. The maximum absolute atomic E-state index is 13.7. The first-order valence-electron chi connectivity index (χ1n) is 10.1. The molecule has 1 aromatic carbocycles. The molecule has 1 aliphatic rings. The number of nitrogens with zero attached hydrogens (tertiary/aromatic N) is 4. The fourth-order valence-electron chi connectivity index (χ4n) is 3.98. The first kappa shape index (κ1) is 18.8. The molecule has 0 amide bonds. The van der Waals surface area contributed by atoms with Gasteiger partial charge in [-0.15, -0.1) is 21.5 Å². The molecule has 0 spiro atoms. The van der Waals surface area contributed by atoms with E-state index in [1.54, 1.807) is 27.7 Å². The molecule has 1 aliphatic heterocycles. The van der Waals surface area contributed by atoms with E-state index in [9.17, 15) is 4.79 Å². The molecule has 4 heterocycles. The molecule has 6 nitrogen and oxygen atoms in total. The van der Waals surface area contributed by atoms with Crippen molar-refractivity contribution in [3.63, 3.8) is 0 Å². The van der Waals surface area contributed by atoms with Crippen LogP contribution in [-0.2, 0) is 13.0 Å². The van der Waals surface area contributed by atoms with Crippen molar-refractivity contribution in [2.75, 3.05) is 19.3 Å². The Kier molecular flexibility index (Phi) is 4.93. The van der Waals surface area contributed by atoms with Crippen molar-refractivity contribution in [3.05, 3.63) is 51.1 Å². The van der Waals surface area contributed by atoms with Crippen LogP contribution < -0.4 is 10.5 Å². The number of aromatic nitrogens is 4. The number of hydrogen-bond acceptors (Lipinski definition) is 5. The minimum absolute atomic E-state index is 0.0215. The molecule has 29 heavy (non-hydrogen) atoms. The van der Waals surface area contributed by atoms with E-state index in [0.717, 1.165) is 59.2 Å². The Morgan fingerprint density at radius 1 is 1.24 bits per heavy atom. The molecule has 8 heteroatoms. The predicted molar refractivity (Wildman–Crippen MR) is 119 cm³/mol. The molecule has 0 radical (unpaired) electrons. The monoisotopic (exact) mass is 426 g/mol. The number of unbranched alkanes of at least 4 members (excludes halogenated alkanes) is 1. The second kappa shape index (κ2) is 7.59. The highest BCUT2D eigenvalue weighted by atomic mass is 32.2. The average molecular weight is 427 g/mol. The van der Waals surface area contributed by atoms with E-state index in [1.165, 1.54) is 15.3 Å². The Morgan fingerprint density at radius 2 is 2.07 bits per heavy atom. The van der Waals surface area contributed by atoms with Crippen molar-refractivity contribution in [2.45, 2.75) is 37.9 Å². The van der Waals surface area contributed by atoms with Gasteiger partial charge in [0, 0.05) is 12.2 Å². The Bertz CT molecular complexity index is 1240. The largest absolute Gasteiger partial charge is 0.333 e. The second-order valence-electron chi connectivity index (χ2n) is 7.61. The summed E-state index contributed by atoms with van der Waals surface area (Å²) < 4.78 is 3.85. The summed E-state index contributed by atoms with van der Waals surface area (Å²) in [6.45, 7) is 4.23. The lowest BCUT2D eigenvalue weighted by Gasteiger charge is -2.19. The maximum Gasteiger partial charge on any atom is 0.268 e. The summed E-state index contributed by atoms with van der Waals surface area (Å²) in [4.78, 5) is 17.5. The smallest absolute Gasteiger partial charge is 0.268 e. The Morgan fingerprint density at radius 3 is 2.86 bits per heavy atom. The molecule has 0 bridgehead atoms. The second-order valence-corrected chi connectivity index (χ2v) is 9.76. The van der Waals surface area contributed by atoms with Crippen molar-refractivity contribution in [1.29, 1.82) is 0 Å². The maximum atomic E-state index is 13.7. The van der Waals surface area contributed by atoms with E-state index in [0.29, 0.717) is 5.78 Å². The molecule has 5 rings (SSSR count). The zero-order valence-corrected chi connectivity index (χ0v) is 18.3. The van der Waals surface area contributed by atoms with Crippen molar-refractivity contribution in [2.24, 2.45) is 0 Å². The third-order valence-corrected chi connectivity index (χ3v) is 7.75. The summed E-state index contributed by atoms with van der Waals surface area (Å²) in [6.07, 6.45) is 3.23. The summed E-state index contributed by atoms with van der Waals surface area (Å²) in [6, 6.07) is 9.80. The summed E-state index contributed by atoms with van der Waals surface area (Å²) >= 11 is 3.47. The number of thioether (sulfide) groups is 1. The Balaban J connectivity index is 1.84. The van der Waals surface area contributed by atoms with Crippen LogP contribution in [0, 0.1) is 0 Å². The van der Waals surface area contributed by atoms with E-state index in [2.05, 4.69) is 28.6 Å². The van der Waals surface area contributed by atoms with E-state index in [4.69, 9.17) is 0 Å². The van der Waals surface area contributed by atoms with E-state index in [-0.39, 0.29) is 5.56 Å². The van der Waals surface area contributed by atoms with Gasteiger partial charge in [0.2, 0.25) is 5.78 Å².